The molecular formula is C23H19N5O3. The van der Waals surface area contributed by atoms with Crippen LogP contribution in [-0.4, -0.2) is 33.0 Å². The number of imidazole rings is 1. The summed E-state index contributed by atoms with van der Waals surface area (Å²) in [4.78, 5) is 31.2. The highest BCUT2D eigenvalue weighted by molar-refractivity contribution is 5.97. The maximum absolute atomic E-state index is 12.5. The average Bonchev–Trinajstić information content (AvgIpc) is 3.29. The summed E-state index contributed by atoms with van der Waals surface area (Å²) in [6.45, 7) is 0. The second kappa shape index (κ2) is 10.3. The molecule has 0 fully saturated rings. The van der Waals surface area contributed by atoms with Crippen LogP contribution in [0.25, 0.3) is 0 Å². The Hall–Kier alpha value is -4.53. The Balaban J connectivity index is 1.64. The first kappa shape index (κ1) is 21.2. The first-order chi connectivity index (χ1) is 15.0. The molecule has 0 saturated carbocycles. The number of H-pyrrole nitrogens is 1. The fraction of sp³-hybridized carbons (Fsp3) is 0.0870. The maximum atomic E-state index is 12.5. The SMILES string of the molecule is Nc1cccc(C#CC#Cc2ccc(C(=O)N[C@@H](Cc3c[nH]cn3)C(=O)NO)cc2)c1. The minimum Gasteiger partial charge on any atom is -0.399 e. The summed E-state index contributed by atoms with van der Waals surface area (Å²) in [6.07, 6.45) is 3.19. The molecule has 3 aromatic rings. The molecule has 31 heavy (non-hydrogen) atoms. The van der Waals surface area contributed by atoms with Gasteiger partial charge in [0.05, 0.1) is 12.0 Å². The fourth-order valence-corrected chi connectivity index (χ4v) is 2.67. The molecule has 1 aromatic heterocycles. The third-order valence-corrected chi connectivity index (χ3v) is 4.21. The highest BCUT2D eigenvalue weighted by Crippen LogP contribution is 2.06. The van der Waals surface area contributed by atoms with E-state index in [0.29, 0.717) is 22.5 Å². The number of nitrogens with one attached hydrogen (secondary N) is 3. The van der Waals surface area contributed by atoms with Crippen LogP contribution in [0, 0.1) is 23.7 Å². The number of aromatic amines is 1. The maximum Gasteiger partial charge on any atom is 0.266 e. The third kappa shape index (κ3) is 6.23. The summed E-state index contributed by atoms with van der Waals surface area (Å²) in [5.74, 6) is 10.1. The standard InChI is InChI=1S/C23H19N5O3/c24-19-7-3-6-17(12-19)5-2-1-4-16-8-10-18(11-9-16)22(29)27-21(23(30)28-31)13-20-14-25-15-26-20/h3,6-12,14-15,21,31H,13,24H2,(H,25,26)(H,27,29)(H,28,30)/t21-/m0/s1. The van der Waals surface area contributed by atoms with Crippen LogP contribution >= 0.6 is 0 Å². The molecule has 1 heterocycles. The number of rotatable bonds is 5. The van der Waals surface area contributed by atoms with Crippen molar-refractivity contribution in [3.05, 3.63) is 83.4 Å². The first-order valence-corrected chi connectivity index (χ1v) is 9.25. The van der Waals surface area contributed by atoms with Crippen molar-refractivity contribution in [2.45, 2.75) is 12.5 Å². The molecule has 0 saturated heterocycles. The van der Waals surface area contributed by atoms with E-state index >= 15 is 0 Å². The van der Waals surface area contributed by atoms with Crippen molar-refractivity contribution in [2.75, 3.05) is 5.73 Å². The number of nitrogens with zero attached hydrogens (tertiary/aromatic N) is 1. The monoisotopic (exact) mass is 413 g/mol. The number of hydroxylamine groups is 1. The van der Waals surface area contributed by atoms with Crippen LogP contribution in [0.15, 0.2) is 61.1 Å². The number of hydrogen-bond donors (Lipinski definition) is 5. The predicted octanol–water partition coefficient (Wildman–Crippen LogP) is 1.24. The molecule has 8 nitrogen and oxygen atoms in total. The Kier molecular flexibility index (Phi) is 7.04. The van der Waals surface area contributed by atoms with Gasteiger partial charge >= 0.3 is 0 Å². The third-order valence-electron chi connectivity index (χ3n) is 4.21. The Morgan fingerprint density at radius 2 is 1.84 bits per heavy atom. The van der Waals surface area contributed by atoms with Gasteiger partial charge in [0.1, 0.15) is 6.04 Å². The van der Waals surface area contributed by atoms with Crippen LogP contribution < -0.4 is 16.5 Å². The summed E-state index contributed by atoms with van der Waals surface area (Å²) >= 11 is 0. The topological polar surface area (TPSA) is 133 Å². The van der Waals surface area contributed by atoms with Crippen LogP contribution in [0.1, 0.15) is 27.2 Å². The summed E-state index contributed by atoms with van der Waals surface area (Å²) in [7, 11) is 0. The van der Waals surface area contributed by atoms with E-state index in [1.807, 2.05) is 12.1 Å². The van der Waals surface area contributed by atoms with Gasteiger partial charge in [0.15, 0.2) is 0 Å². The number of carbonyl (C=O) groups is 2. The zero-order chi connectivity index (χ0) is 22.1. The van der Waals surface area contributed by atoms with Crippen molar-refractivity contribution in [3.63, 3.8) is 0 Å². The van der Waals surface area contributed by atoms with Crippen molar-refractivity contribution in [3.8, 4) is 23.7 Å². The fourth-order valence-electron chi connectivity index (χ4n) is 2.67. The van der Waals surface area contributed by atoms with Gasteiger partial charge in [-0.1, -0.05) is 17.9 Å². The van der Waals surface area contributed by atoms with E-state index in [2.05, 4.69) is 39.0 Å². The molecule has 2 aromatic carbocycles. The van der Waals surface area contributed by atoms with E-state index in [1.165, 1.54) is 6.33 Å². The number of benzene rings is 2. The van der Waals surface area contributed by atoms with Gasteiger partial charge < -0.3 is 16.0 Å². The Morgan fingerprint density at radius 1 is 1.10 bits per heavy atom. The molecule has 0 aliphatic carbocycles. The second-order valence-corrected chi connectivity index (χ2v) is 6.47. The van der Waals surface area contributed by atoms with E-state index in [0.717, 1.165) is 5.56 Å². The molecule has 6 N–H and O–H groups in total. The van der Waals surface area contributed by atoms with Crippen LogP contribution in [-0.2, 0) is 11.2 Å². The number of nitrogen functional groups attached to an aromatic ring is 1. The molecule has 2 amide bonds. The van der Waals surface area contributed by atoms with E-state index in [1.54, 1.807) is 48.1 Å². The molecular weight excluding hydrogens is 394 g/mol. The number of nitrogens with two attached hydrogens (primary N) is 1. The lowest BCUT2D eigenvalue weighted by Gasteiger charge is -2.15. The van der Waals surface area contributed by atoms with Crippen LogP contribution in [0.3, 0.4) is 0 Å². The molecule has 8 heteroatoms. The first-order valence-electron chi connectivity index (χ1n) is 9.25. The lowest BCUT2D eigenvalue weighted by Crippen LogP contribution is -2.47. The van der Waals surface area contributed by atoms with E-state index in [-0.39, 0.29) is 6.42 Å². The number of hydrogen-bond acceptors (Lipinski definition) is 5. The lowest BCUT2D eigenvalue weighted by atomic mass is 10.1. The summed E-state index contributed by atoms with van der Waals surface area (Å²) in [5.41, 5.74) is 10.3. The predicted molar refractivity (Wildman–Crippen MR) is 115 cm³/mol. The molecule has 0 spiro atoms. The van der Waals surface area contributed by atoms with E-state index in [4.69, 9.17) is 10.9 Å². The minimum absolute atomic E-state index is 0.122. The average molecular weight is 413 g/mol. The number of aromatic nitrogens is 2. The van der Waals surface area contributed by atoms with Crippen molar-refractivity contribution >= 4 is 17.5 Å². The van der Waals surface area contributed by atoms with E-state index in [9.17, 15) is 9.59 Å². The highest BCUT2D eigenvalue weighted by Gasteiger charge is 2.22. The van der Waals surface area contributed by atoms with Gasteiger partial charge in [-0.25, -0.2) is 10.5 Å². The molecule has 1 atom stereocenters. The summed E-state index contributed by atoms with van der Waals surface area (Å²) in [6, 6.07) is 12.8. The largest absolute Gasteiger partial charge is 0.399 e. The van der Waals surface area contributed by atoms with Crippen molar-refractivity contribution < 1.29 is 14.8 Å². The van der Waals surface area contributed by atoms with Crippen LogP contribution in [0.5, 0.6) is 0 Å². The zero-order valence-corrected chi connectivity index (χ0v) is 16.3. The van der Waals surface area contributed by atoms with Crippen molar-refractivity contribution in [1.82, 2.24) is 20.8 Å². The minimum atomic E-state index is -0.984. The quantitative estimate of drug-likeness (QED) is 0.186. The second-order valence-electron chi connectivity index (χ2n) is 6.47. The van der Waals surface area contributed by atoms with Gasteiger partial charge in [-0.2, -0.15) is 0 Å². The van der Waals surface area contributed by atoms with Gasteiger partial charge in [-0.3, -0.25) is 14.8 Å². The van der Waals surface area contributed by atoms with Gasteiger partial charge in [0, 0.05) is 35.0 Å². The van der Waals surface area contributed by atoms with Gasteiger partial charge in [0.2, 0.25) is 0 Å². The normalized spacial score (nSPS) is 10.6. The zero-order valence-electron chi connectivity index (χ0n) is 16.3. The Bertz CT molecular complexity index is 1180. The molecule has 154 valence electrons. The number of carbonyl (C=O) groups excluding carboxylic acids is 2. The smallest absolute Gasteiger partial charge is 0.266 e. The van der Waals surface area contributed by atoms with Gasteiger partial charge in [-0.15, -0.1) is 0 Å². The van der Waals surface area contributed by atoms with Crippen LogP contribution in [0.2, 0.25) is 0 Å². The van der Waals surface area contributed by atoms with Gasteiger partial charge in [-0.05, 0) is 54.3 Å². The molecule has 0 unspecified atom stereocenters. The Labute approximate surface area is 178 Å². The van der Waals surface area contributed by atoms with Gasteiger partial charge in [0.25, 0.3) is 11.8 Å². The molecule has 0 bridgehead atoms. The summed E-state index contributed by atoms with van der Waals surface area (Å²) < 4.78 is 0. The molecule has 0 aliphatic rings. The number of amides is 2. The highest BCUT2D eigenvalue weighted by atomic mass is 16.5. The van der Waals surface area contributed by atoms with Crippen molar-refractivity contribution in [2.24, 2.45) is 0 Å². The van der Waals surface area contributed by atoms with Crippen LogP contribution in [0.4, 0.5) is 5.69 Å². The molecule has 0 aliphatic heterocycles. The number of anilines is 1. The molecule has 3 rings (SSSR count). The lowest BCUT2D eigenvalue weighted by molar-refractivity contribution is -0.131. The van der Waals surface area contributed by atoms with E-state index < -0.39 is 17.9 Å². The molecule has 0 radical (unpaired) electrons. The summed E-state index contributed by atoms with van der Waals surface area (Å²) in [5, 5.41) is 11.5. The Morgan fingerprint density at radius 3 is 2.48 bits per heavy atom. The van der Waals surface area contributed by atoms with Crippen molar-refractivity contribution in [1.29, 1.82) is 0 Å².